The van der Waals surface area contributed by atoms with Gasteiger partial charge in [0, 0.05) is 36.6 Å². The lowest BCUT2D eigenvalue weighted by atomic mass is 9.98. The highest BCUT2D eigenvalue weighted by Gasteiger charge is 2.20. The average molecular weight is 480 g/mol. The number of nitrogens with zero attached hydrogens (tertiary/aromatic N) is 4. The Hall–Kier alpha value is -3.54. The molecule has 11 heteroatoms. The van der Waals surface area contributed by atoms with Crippen molar-refractivity contribution >= 4 is 38.5 Å². The van der Waals surface area contributed by atoms with Crippen LogP contribution in [0.3, 0.4) is 0 Å². The van der Waals surface area contributed by atoms with Gasteiger partial charge in [-0.15, -0.1) is 0 Å². The summed E-state index contributed by atoms with van der Waals surface area (Å²) in [6.45, 7) is 2.03. The third kappa shape index (κ3) is 4.58. The molecule has 0 radical (unpaired) electrons. The van der Waals surface area contributed by atoms with Crippen molar-refractivity contribution in [1.82, 2.24) is 19.9 Å². The normalized spacial score (nSPS) is 16.6. The van der Waals surface area contributed by atoms with E-state index < -0.39 is 10.0 Å². The van der Waals surface area contributed by atoms with Crippen molar-refractivity contribution in [2.75, 3.05) is 29.9 Å². The molecule has 3 heterocycles. The number of H-pyrrole nitrogens is 1. The maximum absolute atomic E-state index is 11.7. The van der Waals surface area contributed by atoms with Crippen molar-refractivity contribution in [2.24, 2.45) is 11.1 Å². The zero-order valence-corrected chi connectivity index (χ0v) is 19.2. The fourth-order valence-electron chi connectivity index (χ4n) is 4.25. The number of sulfonamides is 1. The summed E-state index contributed by atoms with van der Waals surface area (Å²) >= 11 is 0. The van der Waals surface area contributed by atoms with Gasteiger partial charge in [0.1, 0.15) is 11.2 Å². The molecule has 0 spiro atoms. The third-order valence-corrected chi connectivity index (χ3v) is 6.89. The van der Waals surface area contributed by atoms with Gasteiger partial charge >= 0.3 is 0 Å². The summed E-state index contributed by atoms with van der Waals surface area (Å²) in [6.07, 6.45) is 3.68. The minimum atomic E-state index is -3.83. The molecule has 176 valence electrons. The van der Waals surface area contributed by atoms with E-state index in [1.807, 2.05) is 12.1 Å². The number of hydrogen-bond acceptors (Lipinski definition) is 8. The predicted molar refractivity (Wildman–Crippen MR) is 130 cm³/mol. The van der Waals surface area contributed by atoms with Gasteiger partial charge < -0.3 is 20.3 Å². The number of primary sulfonamides is 1. The number of rotatable bonds is 6. The second-order valence-corrected chi connectivity index (χ2v) is 9.94. The Bertz CT molecular complexity index is 1420. The molecule has 5 rings (SSSR count). The molecular weight excluding hydrogens is 454 g/mol. The molecule has 0 aliphatic carbocycles. The molecule has 1 aliphatic rings. The first kappa shape index (κ1) is 22.3. The van der Waals surface area contributed by atoms with Crippen LogP contribution >= 0.6 is 0 Å². The Morgan fingerprint density at radius 3 is 2.76 bits per heavy atom. The quantitative estimate of drug-likeness (QED) is 0.330. The monoisotopic (exact) mass is 479 g/mol. The number of fused-ring (bicyclic) bond motifs is 1. The molecule has 1 atom stereocenters. The Kier molecular flexibility index (Phi) is 5.90. The summed E-state index contributed by atoms with van der Waals surface area (Å²) in [5, 5.41) is 17.8. The predicted octanol–water partition coefficient (Wildman–Crippen LogP) is 2.62. The molecule has 34 heavy (non-hydrogen) atoms. The fraction of sp³-hybridized carbons (Fsp3) is 0.261. The van der Waals surface area contributed by atoms with Gasteiger partial charge in [-0.3, -0.25) is 0 Å². The maximum Gasteiger partial charge on any atom is 0.238 e. The number of piperidine rings is 1. The first-order chi connectivity index (χ1) is 16.4. The molecule has 0 saturated carbocycles. The van der Waals surface area contributed by atoms with Gasteiger partial charge in [0.2, 0.25) is 16.0 Å². The summed E-state index contributed by atoms with van der Waals surface area (Å²) in [4.78, 5) is 18.8. The number of aromatic nitrogens is 4. The number of anilines is 3. The van der Waals surface area contributed by atoms with Crippen LogP contribution in [0.5, 0.6) is 0 Å². The van der Waals surface area contributed by atoms with Crippen LogP contribution in [0, 0.1) is 5.92 Å². The van der Waals surface area contributed by atoms with Crippen LogP contribution in [0.15, 0.2) is 59.8 Å². The zero-order valence-electron chi connectivity index (χ0n) is 18.3. The second kappa shape index (κ2) is 9.01. The molecule has 1 fully saturated rings. The van der Waals surface area contributed by atoms with Crippen molar-refractivity contribution in [2.45, 2.75) is 17.7 Å². The van der Waals surface area contributed by atoms with Crippen molar-refractivity contribution in [3.8, 4) is 11.3 Å². The molecule has 0 bridgehead atoms. The molecule has 1 unspecified atom stereocenters. The highest BCUT2D eigenvalue weighted by molar-refractivity contribution is 7.89. The Labute approximate surface area is 196 Å². The fourth-order valence-corrected chi connectivity index (χ4v) is 4.81. The minimum Gasteiger partial charge on any atom is -0.396 e. The lowest BCUT2D eigenvalue weighted by molar-refractivity contribution is 0.209. The number of nitrogens with two attached hydrogens (primary N) is 1. The van der Waals surface area contributed by atoms with Gasteiger partial charge in [-0.2, -0.15) is 4.98 Å². The second-order valence-electron chi connectivity index (χ2n) is 8.38. The summed E-state index contributed by atoms with van der Waals surface area (Å²) in [5.74, 6) is 0.601. The van der Waals surface area contributed by atoms with Crippen molar-refractivity contribution in [3.63, 3.8) is 0 Å². The smallest absolute Gasteiger partial charge is 0.238 e. The molecule has 1 aliphatic heterocycles. The molecule has 1 saturated heterocycles. The molecule has 0 amide bonds. The summed E-state index contributed by atoms with van der Waals surface area (Å²) < 4.78 is 23.4. The van der Waals surface area contributed by atoms with Crippen molar-refractivity contribution < 1.29 is 13.5 Å². The van der Waals surface area contributed by atoms with E-state index in [-0.39, 0.29) is 11.5 Å². The van der Waals surface area contributed by atoms with Crippen LogP contribution in [0.1, 0.15) is 12.8 Å². The van der Waals surface area contributed by atoms with E-state index in [9.17, 15) is 13.5 Å². The van der Waals surface area contributed by atoms with E-state index in [2.05, 4.69) is 42.3 Å². The van der Waals surface area contributed by atoms with E-state index in [4.69, 9.17) is 5.14 Å². The highest BCUT2D eigenvalue weighted by Crippen LogP contribution is 2.30. The number of aromatic amines is 1. The van der Waals surface area contributed by atoms with Crippen LogP contribution in [0.2, 0.25) is 0 Å². The molecule has 4 aromatic rings. The third-order valence-electron chi connectivity index (χ3n) is 5.98. The SMILES string of the molecule is NS(=O)(=O)c1cccc(Nc2nc(-c3ccc(N4CCCC(CO)C4)cc3)c3nc[nH]c3n2)c1. The Morgan fingerprint density at radius 2 is 2.00 bits per heavy atom. The lowest BCUT2D eigenvalue weighted by Crippen LogP contribution is -2.36. The Morgan fingerprint density at radius 1 is 1.18 bits per heavy atom. The average Bonchev–Trinajstić information content (AvgIpc) is 3.32. The van der Waals surface area contributed by atoms with Crippen molar-refractivity contribution in [1.29, 1.82) is 0 Å². The van der Waals surface area contributed by atoms with E-state index in [1.54, 1.807) is 18.5 Å². The number of benzene rings is 2. The highest BCUT2D eigenvalue weighted by atomic mass is 32.2. The van der Waals surface area contributed by atoms with Gasteiger partial charge in [0.05, 0.1) is 11.2 Å². The summed E-state index contributed by atoms with van der Waals surface area (Å²) in [7, 11) is -3.83. The van der Waals surface area contributed by atoms with E-state index in [1.165, 1.54) is 12.1 Å². The largest absolute Gasteiger partial charge is 0.396 e. The zero-order chi connectivity index (χ0) is 23.7. The van der Waals surface area contributed by atoms with Crippen LogP contribution in [0.25, 0.3) is 22.4 Å². The van der Waals surface area contributed by atoms with Gasteiger partial charge in [-0.1, -0.05) is 18.2 Å². The van der Waals surface area contributed by atoms with Gasteiger partial charge in [-0.05, 0) is 49.1 Å². The molecule has 5 N–H and O–H groups in total. The van der Waals surface area contributed by atoms with Gasteiger partial charge in [0.15, 0.2) is 5.65 Å². The number of aliphatic hydroxyl groups excluding tert-OH is 1. The molecule has 10 nitrogen and oxygen atoms in total. The van der Waals surface area contributed by atoms with Crippen molar-refractivity contribution in [3.05, 3.63) is 54.9 Å². The van der Waals surface area contributed by atoms with Gasteiger partial charge in [0.25, 0.3) is 0 Å². The number of nitrogens with one attached hydrogen (secondary N) is 2. The number of hydrogen-bond donors (Lipinski definition) is 4. The summed E-state index contributed by atoms with van der Waals surface area (Å²) in [6, 6.07) is 14.3. The molecule has 2 aromatic carbocycles. The van der Waals surface area contributed by atoms with E-state index in [0.29, 0.717) is 34.4 Å². The number of imidazole rings is 1. The first-order valence-corrected chi connectivity index (χ1v) is 12.5. The number of aliphatic hydroxyl groups is 1. The van der Waals surface area contributed by atoms with Crippen LogP contribution in [-0.4, -0.2) is 53.2 Å². The lowest BCUT2D eigenvalue weighted by Gasteiger charge is -2.33. The first-order valence-electron chi connectivity index (χ1n) is 11.0. The van der Waals surface area contributed by atoms with Crippen LogP contribution in [-0.2, 0) is 10.0 Å². The minimum absolute atomic E-state index is 0.00270. The molecular formula is C23H25N7O3S. The van der Waals surface area contributed by atoms with E-state index >= 15 is 0 Å². The van der Waals surface area contributed by atoms with E-state index in [0.717, 1.165) is 37.2 Å². The van der Waals surface area contributed by atoms with Crippen LogP contribution < -0.4 is 15.4 Å². The summed E-state index contributed by atoms with van der Waals surface area (Å²) in [5.41, 5.74) is 4.31. The van der Waals surface area contributed by atoms with Gasteiger partial charge in [-0.25, -0.2) is 23.5 Å². The van der Waals surface area contributed by atoms with Crippen LogP contribution in [0.4, 0.5) is 17.3 Å². The maximum atomic E-state index is 11.7. The topological polar surface area (TPSA) is 150 Å². The standard InChI is InChI=1S/C23H25N7O3S/c24-34(32,33)19-5-1-4-17(11-19)27-23-28-20(21-22(29-23)26-14-25-21)16-6-8-18(9-7-16)30-10-2-3-15(12-30)13-31/h1,4-9,11,14-15,31H,2-3,10,12-13H2,(H2,24,32,33)(H2,25,26,27,28,29). The Balaban J connectivity index is 1.46. The molecule has 2 aromatic heterocycles.